The SMILES string of the molecule is CNC(=O)[C@@H](C)N(Cc1cccc(Br)c1)C(=O)CN(c1cccc([N+](=O)[O-])c1)S(C)(=O)=O. The highest BCUT2D eigenvalue weighted by Gasteiger charge is 2.30. The number of benzene rings is 2. The Kier molecular flexibility index (Phi) is 8.33. The number of hydrogen-bond donors (Lipinski definition) is 1. The molecule has 0 aliphatic carbocycles. The number of halogens is 1. The molecule has 10 nitrogen and oxygen atoms in total. The summed E-state index contributed by atoms with van der Waals surface area (Å²) in [4.78, 5) is 37.2. The van der Waals surface area contributed by atoms with Gasteiger partial charge in [0.25, 0.3) is 5.69 Å². The summed E-state index contributed by atoms with van der Waals surface area (Å²) in [5.74, 6) is -1.06. The Morgan fingerprint density at radius 3 is 2.41 bits per heavy atom. The van der Waals surface area contributed by atoms with Crippen molar-refractivity contribution >= 4 is 49.1 Å². The standard InChI is InChI=1S/C20H23BrN4O6S/c1-14(20(27)22-2)23(12-15-6-4-7-16(21)10-15)19(26)13-24(32(3,30)31)17-8-5-9-18(11-17)25(28)29/h4-11,14H,12-13H2,1-3H3,(H,22,27)/t14-/m1/s1. The molecule has 32 heavy (non-hydrogen) atoms. The molecule has 2 rings (SSSR count). The molecular formula is C20H23BrN4O6S. The van der Waals surface area contributed by atoms with Crippen LogP contribution >= 0.6 is 15.9 Å². The minimum Gasteiger partial charge on any atom is -0.357 e. The number of carbonyl (C=O) groups is 2. The van der Waals surface area contributed by atoms with Crippen molar-refractivity contribution in [1.29, 1.82) is 0 Å². The van der Waals surface area contributed by atoms with E-state index in [1.807, 2.05) is 6.07 Å². The zero-order chi connectivity index (χ0) is 24.1. The van der Waals surface area contributed by atoms with Crippen molar-refractivity contribution in [1.82, 2.24) is 10.2 Å². The molecule has 2 aromatic rings. The van der Waals surface area contributed by atoms with Gasteiger partial charge in [-0.25, -0.2) is 8.42 Å². The van der Waals surface area contributed by atoms with Gasteiger partial charge in [-0.05, 0) is 30.7 Å². The number of likely N-dealkylation sites (N-methyl/N-ethyl adjacent to an activating group) is 1. The molecule has 0 saturated carbocycles. The van der Waals surface area contributed by atoms with Crippen LogP contribution in [0, 0.1) is 10.1 Å². The van der Waals surface area contributed by atoms with Crippen molar-refractivity contribution in [3.8, 4) is 0 Å². The number of carbonyl (C=O) groups excluding carboxylic acids is 2. The number of rotatable bonds is 9. The number of amides is 2. The molecule has 0 aliphatic heterocycles. The molecule has 0 spiro atoms. The van der Waals surface area contributed by atoms with Gasteiger partial charge in [0.2, 0.25) is 21.8 Å². The van der Waals surface area contributed by atoms with Gasteiger partial charge >= 0.3 is 0 Å². The number of nitrogens with zero attached hydrogens (tertiary/aromatic N) is 3. The number of anilines is 1. The van der Waals surface area contributed by atoms with E-state index in [2.05, 4.69) is 21.2 Å². The second kappa shape index (κ2) is 10.6. The summed E-state index contributed by atoms with van der Waals surface area (Å²) in [6.45, 7) is 0.960. The summed E-state index contributed by atoms with van der Waals surface area (Å²) in [6.07, 6.45) is 0.903. The van der Waals surface area contributed by atoms with E-state index >= 15 is 0 Å². The lowest BCUT2D eigenvalue weighted by atomic mass is 10.1. The van der Waals surface area contributed by atoms with E-state index in [1.54, 1.807) is 18.2 Å². The Balaban J connectivity index is 2.42. The monoisotopic (exact) mass is 526 g/mol. The van der Waals surface area contributed by atoms with E-state index in [9.17, 15) is 28.1 Å². The first-order valence-corrected chi connectivity index (χ1v) is 12.1. The fourth-order valence-corrected chi connectivity index (χ4v) is 4.29. The van der Waals surface area contributed by atoms with Crippen molar-refractivity contribution in [3.05, 3.63) is 68.7 Å². The highest BCUT2D eigenvalue weighted by atomic mass is 79.9. The Morgan fingerprint density at radius 2 is 1.84 bits per heavy atom. The van der Waals surface area contributed by atoms with E-state index in [0.717, 1.165) is 26.7 Å². The minimum absolute atomic E-state index is 0.0231. The number of hydrogen-bond acceptors (Lipinski definition) is 6. The Labute approximate surface area is 194 Å². The minimum atomic E-state index is -3.96. The summed E-state index contributed by atoms with van der Waals surface area (Å²) in [6, 6.07) is 11.3. The van der Waals surface area contributed by atoms with Crippen molar-refractivity contribution < 1.29 is 22.9 Å². The molecule has 172 valence electrons. The molecule has 0 bridgehead atoms. The third kappa shape index (κ3) is 6.50. The number of non-ortho nitro benzene ring substituents is 1. The first-order valence-electron chi connectivity index (χ1n) is 9.41. The largest absolute Gasteiger partial charge is 0.357 e. The number of nitro benzene ring substituents is 1. The van der Waals surface area contributed by atoms with Gasteiger partial charge in [0, 0.05) is 30.2 Å². The fourth-order valence-electron chi connectivity index (χ4n) is 3.00. The first-order chi connectivity index (χ1) is 14.9. The third-order valence-electron chi connectivity index (χ3n) is 4.66. The van der Waals surface area contributed by atoms with Gasteiger partial charge < -0.3 is 10.2 Å². The molecule has 0 radical (unpaired) electrons. The van der Waals surface area contributed by atoms with Crippen LogP contribution in [-0.2, 0) is 26.2 Å². The fraction of sp³-hybridized carbons (Fsp3) is 0.300. The van der Waals surface area contributed by atoms with E-state index in [4.69, 9.17) is 0 Å². The van der Waals surface area contributed by atoms with E-state index in [-0.39, 0.29) is 17.9 Å². The predicted molar refractivity (Wildman–Crippen MR) is 124 cm³/mol. The average Bonchev–Trinajstić information content (AvgIpc) is 2.73. The maximum Gasteiger partial charge on any atom is 0.271 e. The average molecular weight is 527 g/mol. The molecule has 0 aliphatic rings. The molecule has 0 unspecified atom stereocenters. The van der Waals surface area contributed by atoms with Crippen LogP contribution in [-0.4, -0.2) is 55.9 Å². The molecule has 0 fully saturated rings. The zero-order valence-corrected chi connectivity index (χ0v) is 20.1. The molecule has 0 saturated heterocycles. The molecule has 12 heteroatoms. The van der Waals surface area contributed by atoms with Crippen LogP contribution in [0.15, 0.2) is 53.0 Å². The van der Waals surface area contributed by atoms with Crippen molar-refractivity contribution in [3.63, 3.8) is 0 Å². The van der Waals surface area contributed by atoms with Crippen LogP contribution in [0.2, 0.25) is 0 Å². The summed E-state index contributed by atoms with van der Waals surface area (Å²) in [7, 11) is -2.53. The van der Waals surface area contributed by atoms with Gasteiger partial charge in [0.15, 0.2) is 0 Å². The van der Waals surface area contributed by atoms with Crippen molar-refractivity contribution in [2.45, 2.75) is 19.5 Å². The molecular weight excluding hydrogens is 504 g/mol. The van der Waals surface area contributed by atoms with Gasteiger partial charge in [-0.1, -0.05) is 34.1 Å². The van der Waals surface area contributed by atoms with Crippen LogP contribution in [0.1, 0.15) is 12.5 Å². The highest BCUT2D eigenvalue weighted by Crippen LogP contribution is 2.24. The van der Waals surface area contributed by atoms with Crippen LogP contribution in [0.25, 0.3) is 0 Å². The third-order valence-corrected chi connectivity index (χ3v) is 6.30. The van der Waals surface area contributed by atoms with Crippen LogP contribution < -0.4 is 9.62 Å². The van der Waals surface area contributed by atoms with Crippen LogP contribution in [0.5, 0.6) is 0 Å². The molecule has 0 aromatic heterocycles. The second-order valence-corrected chi connectivity index (χ2v) is 9.81. The van der Waals surface area contributed by atoms with Gasteiger partial charge in [-0.3, -0.25) is 24.0 Å². The van der Waals surface area contributed by atoms with E-state index in [0.29, 0.717) is 0 Å². The Hall–Kier alpha value is -2.99. The van der Waals surface area contributed by atoms with Gasteiger partial charge in [-0.2, -0.15) is 0 Å². The molecule has 2 aromatic carbocycles. The van der Waals surface area contributed by atoms with Crippen molar-refractivity contribution in [2.24, 2.45) is 0 Å². The topological polar surface area (TPSA) is 130 Å². The summed E-state index contributed by atoms with van der Waals surface area (Å²) in [5.41, 5.74) is 0.392. The molecule has 1 N–H and O–H groups in total. The van der Waals surface area contributed by atoms with E-state index in [1.165, 1.54) is 37.1 Å². The quantitative estimate of drug-likeness (QED) is 0.394. The molecule has 0 heterocycles. The lowest BCUT2D eigenvalue weighted by molar-refractivity contribution is -0.384. The summed E-state index contributed by atoms with van der Waals surface area (Å²) < 4.78 is 26.4. The number of nitrogens with one attached hydrogen (secondary N) is 1. The number of sulfonamides is 1. The second-order valence-electron chi connectivity index (χ2n) is 6.99. The molecule has 1 atom stereocenters. The predicted octanol–water partition coefficient (Wildman–Crippen LogP) is 2.29. The normalized spacial score (nSPS) is 12.0. The maximum atomic E-state index is 13.2. The lowest BCUT2D eigenvalue weighted by Crippen LogP contribution is -2.50. The first kappa shape index (κ1) is 25.3. The Morgan fingerprint density at radius 1 is 1.19 bits per heavy atom. The van der Waals surface area contributed by atoms with Gasteiger partial charge in [0.05, 0.1) is 16.9 Å². The highest BCUT2D eigenvalue weighted by molar-refractivity contribution is 9.10. The van der Waals surface area contributed by atoms with Gasteiger partial charge in [0.1, 0.15) is 12.6 Å². The van der Waals surface area contributed by atoms with Crippen molar-refractivity contribution in [2.75, 3.05) is 24.2 Å². The lowest BCUT2D eigenvalue weighted by Gasteiger charge is -2.31. The van der Waals surface area contributed by atoms with Gasteiger partial charge in [-0.15, -0.1) is 0 Å². The zero-order valence-electron chi connectivity index (χ0n) is 17.7. The summed E-state index contributed by atoms with van der Waals surface area (Å²) >= 11 is 3.36. The maximum absolute atomic E-state index is 13.2. The van der Waals surface area contributed by atoms with Crippen LogP contribution in [0.4, 0.5) is 11.4 Å². The van der Waals surface area contributed by atoms with Crippen LogP contribution in [0.3, 0.4) is 0 Å². The summed E-state index contributed by atoms with van der Waals surface area (Å²) in [5, 5.41) is 13.6. The van der Waals surface area contributed by atoms with E-state index < -0.39 is 39.3 Å². The smallest absolute Gasteiger partial charge is 0.271 e. The number of nitro groups is 1. The Bertz CT molecular complexity index is 1120. The molecule has 2 amide bonds.